The van der Waals surface area contributed by atoms with Crippen LogP contribution in [-0.2, 0) is 0 Å². The summed E-state index contributed by atoms with van der Waals surface area (Å²) >= 11 is 0. The van der Waals surface area contributed by atoms with Crippen LogP contribution in [0.4, 0.5) is 10.3 Å². The number of rotatable bonds is 7. The summed E-state index contributed by atoms with van der Waals surface area (Å²) in [5.74, 6) is -0.129. The third-order valence-electron chi connectivity index (χ3n) is 2.17. The van der Waals surface area contributed by atoms with E-state index in [2.05, 4.69) is 22.2 Å². The fourth-order valence-electron chi connectivity index (χ4n) is 1.27. The maximum absolute atomic E-state index is 13.2. The zero-order chi connectivity index (χ0) is 11.8. The van der Waals surface area contributed by atoms with Gasteiger partial charge >= 0.3 is 0 Å². The number of hydrogen-bond acceptors (Lipinski definition) is 4. The van der Waals surface area contributed by atoms with Gasteiger partial charge in [-0.05, 0) is 6.42 Å². The molecule has 1 aromatic rings. The first-order valence-electron chi connectivity index (χ1n) is 5.61. The average Bonchev–Trinajstić information content (AvgIpc) is 2.31. The second kappa shape index (κ2) is 6.98. The van der Waals surface area contributed by atoms with Crippen LogP contribution in [0.3, 0.4) is 0 Å². The predicted octanol–water partition coefficient (Wildman–Crippen LogP) is 2.62. The molecule has 0 aliphatic rings. The van der Waals surface area contributed by atoms with Crippen molar-refractivity contribution in [3.05, 3.63) is 12.0 Å². The summed E-state index contributed by atoms with van der Waals surface area (Å²) in [5.41, 5.74) is 0. The molecule has 0 spiro atoms. The molecule has 1 N–H and O–H groups in total. The Labute approximate surface area is 95.3 Å². The Balaban J connectivity index is 2.40. The molecule has 0 fully saturated rings. The summed E-state index contributed by atoms with van der Waals surface area (Å²) in [6, 6.07) is 0. The highest BCUT2D eigenvalue weighted by molar-refractivity contribution is 5.27. The number of hydrogen-bond donors (Lipinski definition) is 1. The van der Waals surface area contributed by atoms with Crippen molar-refractivity contribution in [2.75, 3.05) is 19.0 Å². The first-order chi connectivity index (χ1) is 7.77. The van der Waals surface area contributed by atoms with E-state index in [1.165, 1.54) is 12.8 Å². The van der Waals surface area contributed by atoms with Gasteiger partial charge in [0.25, 0.3) is 5.88 Å². The predicted molar refractivity (Wildman–Crippen MR) is 61.2 cm³/mol. The Morgan fingerprint density at radius 1 is 1.38 bits per heavy atom. The maximum Gasteiger partial charge on any atom is 0.255 e. The number of unbranched alkanes of at least 4 members (excludes halogenated alkanes) is 3. The van der Waals surface area contributed by atoms with Crippen molar-refractivity contribution in [1.82, 2.24) is 9.97 Å². The van der Waals surface area contributed by atoms with E-state index in [9.17, 15) is 4.39 Å². The summed E-state index contributed by atoms with van der Waals surface area (Å²) in [6.07, 6.45) is 5.48. The molecule has 1 rings (SSSR count). The second-order valence-corrected chi connectivity index (χ2v) is 3.51. The first kappa shape index (κ1) is 12.7. The van der Waals surface area contributed by atoms with Gasteiger partial charge in [0, 0.05) is 7.05 Å². The van der Waals surface area contributed by atoms with Crippen molar-refractivity contribution in [1.29, 1.82) is 0 Å². The lowest BCUT2D eigenvalue weighted by atomic mass is 10.2. The Kier molecular flexibility index (Phi) is 5.53. The van der Waals surface area contributed by atoms with E-state index in [4.69, 9.17) is 4.74 Å². The molecule has 0 radical (unpaired) electrons. The second-order valence-electron chi connectivity index (χ2n) is 3.51. The van der Waals surface area contributed by atoms with E-state index < -0.39 is 5.82 Å². The van der Waals surface area contributed by atoms with Gasteiger partial charge in [0.2, 0.25) is 11.8 Å². The van der Waals surface area contributed by atoms with E-state index in [0.29, 0.717) is 12.6 Å². The number of halogens is 1. The normalized spacial score (nSPS) is 10.2. The van der Waals surface area contributed by atoms with Gasteiger partial charge in [0.1, 0.15) is 0 Å². The fraction of sp³-hybridized carbons (Fsp3) is 0.636. The Morgan fingerprint density at radius 3 is 2.88 bits per heavy atom. The lowest BCUT2D eigenvalue weighted by molar-refractivity contribution is 0.278. The fourth-order valence-corrected chi connectivity index (χ4v) is 1.27. The molecule has 4 nitrogen and oxygen atoms in total. The minimum Gasteiger partial charge on any atom is -0.475 e. The minimum atomic E-state index is -0.519. The maximum atomic E-state index is 13.2. The third kappa shape index (κ3) is 4.00. The van der Waals surface area contributed by atoms with Crippen molar-refractivity contribution in [2.45, 2.75) is 32.6 Å². The molecule has 0 unspecified atom stereocenters. The van der Waals surface area contributed by atoms with Gasteiger partial charge < -0.3 is 10.1 Å². The molecule has 0 aliphatic heterocycles. The van der Waals surface area contributed by atoms with Gasteiger partial charge in [-0.25, -0.2) is 4.98 Å². The minimum absolute atomic E-state index is 0.0239. The summed E-state index contributed by atoms with van der Waals surface area (Å²) in [7, 11) is 1.68. The molecular weight excluding hydrogens is 209 g/mol. The van der Waals surface area contributed by atoms with Crippen LogP contribution >= 0.6 is 0 Å². The van der Waals surface area contributed by atoms with Crippen molar-refractivity contribution in [3.63, 3.8) is 0 Å². The molecule has 90 valence electrons. The number of anilines is 1. The number of ether oxygens (including phenoxy) is 1. The SMILES string of the molecule is CCCCCCOc1nc(NC)ncc1F. The van der Waals surface area contributed by atoms with E-state index in [-0.39, 0.29) is 5.88 Å². The molecule has 0 saturated carbocycles. The van der Waals surface area contributed by atoms with Gasteiger partial charge in [-0.1, -0.05) is 26.2 Å². The van der Waals surface area contributed by atoms with E-state index >= 15 is 0 Å². The smallest absolute Gasteiger partial charge is 0.255 e. The number of aromatic nitrogens is 2. The van der Waals surface area contributed by atoms with Crippen LogP contribution < -0.4 is 10.1 Å². The summed E-state index contributed by atoms with van der Waals surface area (Å²) in [6.45, 7) is 2.64. The monoisotopic (exact) mass is 227 g/mol. The van der Waals surface area contributed by atoms with Crippen LogP contribution in [0.15, 0.2) is 6.20 Å². The lowest BCUT2D eigenvalue weighted by Gasteiger charge is -2.06. The lowest BCUT2D eigenvalue weighted by Crippen LogP contribution is -2.04. The zero-order valence-electron chi connectivity index (χ0n) is 9.79. The molecular formula is C11H18FN3O. The largest absolute Gasteiger partial charge is 0.475 e. The van der Waals surface area contributed by atoms with E-state index in [1.807, 2.05) is 0 Å². The summed E-state index contributed by atoms with van der Waals surface area (Å²) in [5, 5.41) is 2.74. The van der Waals surface area contributed by atoms with Crippen molar-refractivity contribution in [3.8, 4) is 5.88 Å². The van der Waals surface area contributed by atoms with Gasteiger partial charge in [0.15, 0.2) is 0 Å². The highest BCUT2D eigenvalue weighted by Crippen LogP contribution is 2.14. The van der Waals surface area contributed by atoms with E-state index in [1.54, 1.807) is 7.05 Å². The summed E-state index contributed by atoms with van der Waals surface area (Å²) < 4.78 is 18.5. The van der Waals surface area contributed by atoms with Crippen LogP contribution in [0.25, 0.3) is 0 Å². The first-order valence-corrected chi connectivity index (χ1v) is 5.61. The highest BCUT2D eigenvalue weighted by Gasteiger charge is 2.06. The summed E-state index contributed by atoms with van der Waals surface area (Å²) in [4.78, 5) is 7.63. The standard InChI is InChI=1S/C11H18FN3O/c1-3-4-5-6-7-16-10-9(12)8-14-11(13-2)15-10/h8H,3-7H2,1-2H3,(H,13,14,15). The molecule has 5 heteroatoms. The van der Waals surface area contributed by atoms with Gasteiger partial charge in [-0.2, -0.15) is 9.37 Å². The number of nitrogens with one attached hydrogen (secondary N) is 1. The third-order valence-corrected chi connectivity index (χ3v) is 2.17. The Hall–Kier alpha value is -1.39. The van der Waals surface area contributed by atoms with Crippen molar-refractivity contribution < 1.29 is 9.13 Å². The Bertz CT molecular complexity index is 320. The molecule has 0 atom stereocenters. The highest BCUT2D eigenvalue weighted by atomic mass is 19.1. The molecule has 0 aromatic carbocycles. The molecule has 16 heavy (non-hydrogen) atoms. The van der Waals surface area contributed by atoms with Crippen LogP contribution in [0.2, 0.25) is 0 Å². The molecule has 0 saturated heterocycles. The van der Waals surface area contributed by atoms with Crippen molar-refractivity contribution in [2.24, 2.45) is 0 Å². The molecule has 1 aromatic heterocycles. The number of nitrogens with zero attached hydrogens (tertiary/aromatic N) is 2. The quantitative estimate of drug-likeness (QED) is 0.727. The van der Waals surface area contributed by atoms with Gasteiger partial charge in [-0.15, -0.1) is 0 Å². The molecule has 0 amide bonds. The van der Waals surface area contributed by atoms with Crippen LogP contribution in [-0.4, -0.2) is 23.6 Å². The molecule has 0 bridgehead atoms. The van der Waals surface area contributed by atoms with E-state index in [0.717, 1.165) is 19.0 Å². The van der Waals surface area contributed by atoms with Gasteiger partial charge in [-0.3, -0.25) is 0 Å². The average molecular weight is 227 g/mol. The van der Waals surface area contributed by atoms with Crippen molar-refractivity contribution >= 4 is 5.95 Å². The van der Waals surface area contributed by atoms with Crippen LogP contribution in [0, 0.1) is 5.82 Å². The Morgan fingerprint density at radius 2 is 2.19 bits per heavy atom. The van der Waals surface area contributed by atoms with Crippen LogP contribution in [0.5, 0.6) is 5.88 Å². The van der Waals surface area contributed by atoms with Crippen LogP contribution in [0.1, 0.15) is 32.6 Å². The van der Waals surface area contributed by atoms with Gasteiger partial charge in [0.05, 0.1) is 12.8 Å². The molecule has 0 aliphatic carbocycles. The molecule has 1 heterocycles. The zero-order valence-corrected chi connectivity index (χ0v) is 9.79. The topological polar surface area (TPSA) is 47.0 Å².